The van der Waals surface area contributed by atoms with Crippen molar-refractivity contribution in [3.8, 4) is 33.4 Å². The van der Waals surface area contributed by atoms with Crippen LogP contribution in [0.3, 0.4) is 0 Å². The average molecular weight is 511 g/mol. The first kappa shape index (κ1) is 12.1. The molecule has 0 N–H and O–H groups in total. The van der Waals surface area contributed by atoms with Crippen LogP contribution in [0.2, 0.25) is 0 Å². The molecular weight excluding hydrogens is 472 g/mol. The lowest BCUT2D eigenvalue weighted by Crippen LogP contribution is -1.91. The molecule has 8 aromatic rings. The Morgan fingerprint density at radius 1 is 0.410 bits per heavy atom. The molecule has 0 fully saturated rings. The van der Waals surface area contributed by atoms with Crippen molar-refractivity contribution in [1.29, 1.82) is 0 Å². The molecule has 0 unspecified atom stereocenters. The molecule has 39 heavy (non-hydrogen) atoms. The van der Waals surface area contributed by atoms with Gasteiger partial charge >= 0.3 is 0 Å². The highest BCUT2D eigenvalue weighted by Crippen LogP contribution is 2.44. The summed E-state index contributed by atoms with van der Waals surface area (Å²) in [4.78, 5) is 0. The Hall–Kier alpha value is -5.14. The van der Waals surface area contributed by atoms with E-state index in [0.717, 1.165) is 0 Å². The number of benzene rings is 7. The Morgan fingerprint density at radius 3 is 1.72 bits per heavy atom. The lowest BCUT2D eigenvalue weighted by Gasteiger charge is -2.18. The van der Waals surface area contributed by atoms with E-state index in [2.05, 4.69) is 0 Å². The smallest absolute Gasteiger partial charge is 0.136 e. The predicted molar refractivity (Wildman–Crippen MR) is 165 cm³/mol. The maximum atomic E-state index is 9.16. The Kier molecular flexibility index (Phi) is 2.72. The Balaban J connectivity index is 1.46. The summed E-state index contributed by atoms with van der Waals surface area (Å²) >= 11 is 0. The van der Waals surface area contributed by atoms with Crippen LogP contribution in [0.1, 0.15) is 19.2 Å². The summed E-state index contributed by atoms with van der Waals surface area (Å²) in [5.41, 5.74) is 1.82. The molecule has 0 spiro atoms. The van der Waals surface area contributed by atoms with Crippen LogP contribution in [0.15, 0.2) is 150 Å². The Morgan fingerprint density at radius 2 is 1.00 bits per heavy atom. The van der Waals surface area contributed by atoms with Gasteiger partial charge in [0.1, 0.15) is 11.2 Å². The highest BCUT2D eigenvalue weighted by Gasteiger charge is 2.17. The van der Waals surface area contributed by atoms with Gasteiger partial charge in [0.05, 0.1) is 19.2 Å². The van der Waals surface area contributed by atoms with Crippen LogP contribution < -0.4 is 0 Å². The van der Waals surface area contributed by atoms with E-state index in [-0.39, 0.29) is 87.9 Å². The van der Waals surface area contributed by atoms with Gasteiger partial charge in [-0.1, -0.05) is 121 Å². The topological polar surface area (TPSA) is 13.1 Å². The van der Waals surface area contributed by atoms with Gasteiger partial charge in [-0.3, -0.25) is 0 Å². The third kappa shape index (κ3) is 3.48. The summed E-state index contributed by atoms with van der Waals surface area (Å²) in [6.45, 7) is 0. The monoisotopic (exact) mass is 510 g/mol. The minimum Gasteiger partial charge on any atom is -0.456 e. The van der Waals surface area contributed by atoms with E-state index < -0.39 is 24.2 Å². The summed E-state index contributed by atoms with van der Waals surface area (Å²) in [6.07, 6.45) is 0. The molecule has 7 aromatic carbocycles. The fourth-order valence-electron chi connectivity index (χ4n) is 5.23. The summed E-state index contributed by atoms with van der Waals surface area (Å²) in [5, 5.41) is 1.74. The number of fused-ring (bicyclic) bond motifs is 5. The minimum atomic E-state index is -0.528. The van der Waals surface area contributed by atoms with Crippen LogP contribution in [0.25, 0.3) is 76.9 Å². The molecule has 1 heteroatoms. The summed E-state index contributed by atoms with van der Waals surface area (Å²) in [5.74, 6) is 0. The molecule has 0 radical (unpaired) electrons. The molecule has 1 aromatic heterocycles. The molecule has 0 atom stereocenters. The van der Waals surface area contributed by atoms with E-state index in [9.17, 15) is 0 Å². The maximum Gasteiger partial charge on any atom is 0.136 e. The standard InChI is InChI=1S/C38H24O/c1-2-11-25(12-3-1)37-31-16-4-6-18-33(31)38(34-19-7-5-17-32(34)37)28-14-10-13-26(23-28)27-21-22-30-29-15-8-9-20-35(29)39-36(30)24-27/h1-24H/i1D,2D,3D,4D,5D,6D,7D,8D,9D,15D,20D,21D,22D,24D. The molecule has 0 aliphatic rings. The number of hydrogen-bond donors (Lipinski definition) is 0. The lowest BCUT2D eigenvalue weighted by atomic mass is 9.85. The van der Waals surface area contributed by atoms with Gasteiger partial charge in [-0.25, -0.2) is 0 Å². The lowest BCUT2D eigenvalue weighted by molar-refractivity contribution is 0.669. The van der Waals surface area contributed by atoms with Crippen molar-refractivity contribution in [3.05, 3.63) is 145 Å². The second kappa shape index (κ2) is 8.72. The van der Waals surface area contributed by atoms with Gasteiger partial charge in [-0.15, -0.1) is 0 Å². The molecular formula is C38H24O. The summed E-state index contributed by atoms with van der Waals surface area (Å²) in [7, 11) is 0. The van der Waals surface area contributed by atoms with E-state index >= 15 is 0 Å². The molecule has 0 saturated carbocycles. The van der Waals surface area contributed by atoms with Gasteiger partial charge in [0.15, 0.2) is 0 Å². The van der Waals surface area contributed by atoms with Crippen molar-refractivity contribution in [2.75, 3.05) is 0 Å². The van der Waals surface area contributed by atoms with Gasteiger partial charge in [0, 0.05) is 10.8 Å². The molecule has 0 amide bonds. The molecule has 182 valence electrons. The minimum absolute atomic E-state index is 0.00887. The van der Waals surface area contributed by atoms with Gasteiger partial charge in [0.25, 0.3) is 0 Å². The fraction of sp³-hybridized carbons (Fsp3) is 0. The zero-order chi connectivity index (χ0) is 37.9. The Bertz CT molecular complexity index is 2860. The highest BCUT2D eigenvalue weighted by molar-refractivity contribution is 6.21. The van der Waals surface area contributed by atoms with E-state index in [0.29, 0.717) is 49.4 Å². The van der Waals surface area contributed by atoms with Gasteiger partial charge < -0.3 is 4.42 Å². The zero-order valence-electron chi connectivity index (χ0n) is 34.2. The van der Waals surface area contributed by atoms with Crippen LogP contribution in [0.5, 0.6) is 0 Å². The van der Waals surface area contributed by atoms with Crippen LogP contribution >= 0.6 is 0 Å². The quantitative estimate of drug-likeness (QED) is 0.215. The van der Waals surface area contributed by atoms with Crippen molar-refractivity contribution in [2.45, 2.75) is 0 Å². The van der Waals surface area contributed by atoms with Crippen LogP contribution in [0, 0.1) is 0 Å². The number of furan rings is 1. The highest BCUT2D eigenvalue weighted by atomic mass is 16.3. The first-order valence-corrected chi connectivity index (χ1v) is 12.2. The molecule has 8 rings (SSSR count). The normalized spacial score (nSPS) is 16.6. The second-order valence-corrected chi connectivity index (χ2v) is 9.06. The first-order valence-electron chi connectivity index (χ1n) is 19.2. The summed E-state index contributed by atoms with van der Waals surface area (Å²) < 4.78 is 125. The average Bonchev–Trinajstić information content (AvgIpc) is 3.53. The zero-order valence-corrected chi connectivity index (χ0v) is 20.2. The van der Waals surface area contributed by atoms with Crippen molar-refractivity contribution in [1.82, 2.24) is 0 Å². The van der Waals surface area contributed by atoms with E-state index in [1.807, 2.05) is 0 Å². The number of rotatable bonds is 3. The van der Waals surface area contributed by atoms with Crippen molar-refractivity contribution < 1.29 is 23.6 Å². The van der Waals surface area contributed by atoms with Crippen LogP contribution in [0.4, 0.5) is 0 Å². The largest absolute Gasteiger partial charge is 0.456 e. The van der Waals surface area contributed by atoms with Gasteiger partial charge in [-0.05, 0) is 79.1 Å². The first-order chi connectivity index (χ1) is 25.1. The summed E-state index contributed by atoms with van der Waals surface area (Å²) in [6, 6.07) is 11.6. The van der Waals surface area contributed by atoms with E-state index in [1.54, 1.807) is 24.3 Å². The molecule has 0 saturated heterocycles. The Labute approximate surface area is 246 Å². The van der Waals surface area contributed by atoms with Crippen molar-refractivity contribution in [2.24, 2.45) is 0 Å². The third-order valence-corrected chi connectivity index (χ3v) is 6.90. The predicted octanol–water partition coefficient (Wildman–Crippen LogP) is 10.9. The number of hydrogen-bond acceptors (Lipinski definition) is 1. The SMILES string of the molecule is [2H]c1cc2c(-c3cccc(-c4c([2H])c([2H])c5c(oc6c([2H])c([2H])c([2H])c([2H])c65)c4[2H])c3)c3cc([2H])c([2H])cc3c(-c3cc([2H])c([2H])c([2H])c3)c2cc1[2H]. The van der Waals surface area contributed by atoms with Crippen LogP contribution in [-0.2, 0) is 0 Å². The van der Waals surface area contributed by atoms with Crippen LogP contribution in [-0.4, -0.2) is 0 Å². The van der Waals surface area contributed by atoms with Crippen molar-refractivity contribution in [3.63, 3.8) is 0 Å². The van der Waals surface area contributed by atoms with Gasteiger partial charge in [-0.2, -0.15) is 0 Å². The van der Waals surface area contributed by atoms with E-state index in [4.69, 9.17) is 23.6 Å². The molecule has 0 aliphatic heterocycles. The third-order valence-electron chi connectivity index (χ3n) is 6.90. The molecule has 0 bridgehead atoms. The van der Waals surface area contributed by atoms with Gasteiger partial charge in [0.2, 0.25) is 0 Å². The van der Waals surface area contributed by atoms with Crippen molar-refractivity contribution >= 4 is 43.5 Å². The number of para-hydroxylation sites is 1. The fourth-order valence-corrected chi connectivity index (χ4v) is 5.23. The molecule has 1 heterocycles. The second-order valence-electron chi connectivity index (χ2n) is 9.06. The molecule has 1 nitrogen and oxygen atoms in total. The molecule has 0 aliphatic carbocycles. The maximum absolute atomic E-state index is 9.16. The van der Waals surface area contributed by atoms with E-state index in [1.165, 1.54) is 36.4 Å².